The fraction of sp³-hybridized carbons (Fsp3) is 0.143. The van der Waals surface area contributed by atoms with Crippen LogP contribution in [0.5, 0.6) is 0 Å². The highest BCUT2D eigenvalue weighted by atomic mass is 79.9. The molecule has 0 N–H and O–H groups in total. The predicted molar refractivity (Wildman–Crippen MR) is 58.0 cm³/mol. The van der Waals surface area contributed by atoms with Gasteiger partial charge in [-0.25, -0.2) is 0 Å². The zero-order valence-electron chi connectivity index (χ0n) is 6.37. The minimum Gasteiger partial charge on any atom is -0.258 e. The van der Waals surface area contributed by atoms with Crippen molar-refractivity contribution in [3.63, 3.8) is 0 Å². The molecular formula is C7H6BrCl2NO2. The van der Waals surface area contributed by atoms with Crippen molar-refractivity contribution < 1.29 is 4.92 Å². The lowest BCUT2D eigenvalue weighted by Crippen LogP contribution is -1.93. The molecule has 3 nitrogen and oxygen atoms in total. The molecule has 6 heteroatoms. The minimum atomic E-state index is -0.442. The zero-order chi connectivity index (χ0) is 9.14. The van der Waals surface area contributed by atoms with Crippen LogP contribution in [0.4, 0.5) is 5.69 Å². The fourth-order valence-corrected chi connectivity index (χ4v) is 1.84. The number of hydrogen-bond acceptors (Lipinski definition) is 2. The second-order valence-corrected chi connectivity index (χ2v) is 3.10. The summed E-state index contributed by atoms with van der Waals surface area (Å²) in [6.45, 7) is 0. The monoisotopic (exact) mass is 285 g/mol. The maximum absolute atomic E-state index is 10.5. The molecule has 0 aliphatic carbocycles. The highest BCUT2D eigenvalue weighted by Gasteiger charge is 2.14. The van der Waals surface area contributed by atoms with Crippen molar-refractivity contribution in [3.05, 3.63) is 38.9 Å². The smallest absolute Gasteiger partial charge is 0.258 e. The van der Waals surface area contributed by atoms with Crippen LogP contribution in [-0.4, -0.2) is 4.92 Å². The molecule has 0 unspecified atom stereocenters. The molecule has 0 aromatic heterocycles. The molecule has 72 valence electrons. The van der Waals surface area contributed by atoms with E-state index >= 15 is 0 Å². The van der Waals surface area contributed by atoms with Gasteiger partial charge in [-0.3, -0.25) is 10.1 Å². The standard InChI is InChI=1S/C7H5BrClNO2.ClH/c8-4-5-6(9)2-1-3-7(5)10(11)12;/h1-3H,4H2;1H. The first-order valence-electron chi connectivity index (χ1n) is 3.14. The maximum atomic E-state index is 10.5. The molecule has 0 heterocycles. The average molecular weight is 287 g/mol. The molecule has 0 atom stereocenters. The molecule has 0 spiro atoms. The number of halogens is 3. The van der Waals surface area contributed by atoms with E-state index in [0.717, 1.165) is 0 Å². The van der Waals surface area contributed by atoms with E-state index in [1.165, 1.54) is 6.07 Å². The quantitative estimate of drug-likeness (QED) is 0.474. The first-order chi connectivity index (χ1) is 5.66. The van der Waals surface area contributed by atoms with Crippen LogP contribution in [-0.2, 0) is 5.33 Å². The summed E-state index contributed by atoms with van der Waals surface area (Å²) in [5, 5.41) is 11.3. The van der Waals surface area contributed by atoms with E-state index in [1.54, 1.807) is 12.1 Å². The third-order valence-electron chi connectivity index (χ3n) is 1.42. The molecule has 0 aliphatic heterocycles. The third kappa shape index (κ3) is 2.83. The van der Waals surface area contributed by atoms with E-state index < -0.39 is 4.92 Å². The molecule has 1 aromatic rings. The fourth-order valence-electron chi connectivity index (χ4n) is 0.851. The average Bonchev–Trinajstić information content (AvgIpc) is 2.03. The van der Waals surface area contributed by atoms with Gasteiger partial charge < -0.3 is 0 Å². The summed E-state index contributed by atoms with van der Waals surface area (Å²) < 4.78 is 0. The van der Waals surface area contributed by atoms with Crippen LogP contribution in [0.2, 0.25) is 5.02 Å². The highest BCUT2D eigenvalue weighted by Crippen LogP contribution is 2.27. The largest absolute Gasteiger partial charge is 0.274 e. The number of nitro benzene ring substituents is 1. The van der Waals surface area contributed by atoms with Crippen LogP contribution < -0.4 is 0 Å². The van der Waals surface area contributed by atoms with Gasteiger partial charge in [0.05, 0.1) is 15.5 Å². The van der Waals surface area contributed by atoms with Crippen molar-refractivity contribution in [1.29, 1.82) is 0 Å². The van der Waals surface area contributed by atoms with Gasteiger partial charge in [0.2, 0.25) is 0 Å². The molecule has 1 rings (SSSR count). The van der Waals surface area contributed by atoms with Gasteiger partial charge in [-0.2, -0.15) is 0 Å². The second-order valence-electron chi connectivity index (χ2n) is 2.13. The Morgan fingerprint density at radius 1 is 1.54 bits per heavy atom. The number of rotatable bonds is 2. The van der Waals surface area contributed by atoms with E-state index in [2.05, 4.69) is 15.9 Å². The normalized spacial score (nSPS) is 9.08. The van der Waals surface area contributed by atoms with Crippen molar-refractivity contribution in [2.75, 3.05) is 0 Å². The van der Waals surface area contributed by atoms with Crippen molar-refractivity contribution in [2.45, 2.75) is 5.33 Å². The molecular weight excluding hydrogens is 281 g/mol. The van der Waals surface area contributed by atoms with E-state index in [-0.39, 0.29) is 18.1 Å². The number of benzene rings is 1. The summed E-state index contributed by atoms with van der Waals surface area (Å²) in [7, 11) is 0. The van der Waals surface area contributed by atoms with Crippen molar-refractivity contribution in [2.24, 2.45) is 0 Å². The van der Waals surface area contributed by atoms with Crippen LogP contribution in [0.3, 0.4) is 0 Å². The van der Waals surface area contributed by atoms with Gasteiger partial charge in [0.1, 0.15) is 0 Å². The summed E-state index contributed by atoms with van der Waals surface area (Å²) in [6, 6.07) is 4.63. The van der Waals surface area contributed by atoms with E-state index in [4.69, 9.17) is 11.6 Å². The van der Waals surface area contributed by atoms with Gasteiger partial charge in [-0.05, 0) is 6.07 Å². The lowest BCUT2D eigenvalue weighted by molar-refractivity contribution is -0.385. The lowest BCUT2D eigenvalue weighted by atomic mass is 10.2. The van der Waals surface area contributed by atoms with Gasteiger partial charge in [0.15, 0.2) is 0 Å². The van der Waals surface area contributed by atoms with Crippen LogP contribution in [0.25, 0.3) is 0 Å². The van der Waals surface area contributed by atoms with Crippen molar-refractivity contribution in [1.82, 2.24) is 0 Å². The van der Waals surface area contributed by atoms with Crippen molar-refractivity contribution >= 4 is 45.6 Å². The molecule has 0 fully saturated rings. The Labute approximate surface area is 94.8 Å². The summed E-state index contributed by atoms with van der Waals surface area (Å²) in [5.74, 6) is 0. The topological polar surface area (TPSA) is 43.1 Å². The molecule has 1 aromatic carbocycles. The molecule has 0 amide bonds. The number of hydrogen-bond donors (Lipinski definition) is 0. The van der Waals surface area contributed by atoms with Crippen LogP contribution in [0.15, 0.2) is 18.2 Å². The molecule has 0 bridgehead atoms. The number of alkyl halides is 1. The van der Waals surface area contributed by atoms with Gasteiger partial charge in [0.25, 0.3) is 5.69 Å². The molecule has 13 heavy (non-hydrogen) atoms. The molecule has 0 radical (unpaired) electrons. The van der Waals surface area contributed by atoms with Gasteiger partial charge in [-0.15, -0.1) is 12.4 Å². The van der Waals surface area contributed by atoms with Gasteiger partial charge in [0, 0.05) is 11.4 Å². The Balaban J connectivity index is 0.00000144. The Morgan fingerprint density at radius 2 is 2.15 bits per heavy atom. The van der Waals surface area contributed by atoms with E-state index in [0.29, 0.717) is 15.9 Å². The number of nitro groups is 1. The van der Waals surface area contributed by atoms with Gasteiger partial charge >= 0.3 is 0 Å². The second kappa shape index (κ2) is 5.42. The van der Waals surface area contributed by atoms with Gasteiger partial charge in [-0.1, -0.05) is 33.6 Å². The van der Waals surface area contributed by atoms with E-state index in [1.807, 2.05) is 0 Å². The molecule has 0 aliphatic rings. The van der Waals surface area contributed by atoms with Crippen LogP contribution in [0, 0.1) is 10.1 Å². The predicted octanol–water partition coefficient (Wildman–Crippen LogP) is 3.56. The highest BCUT2D eigenvalue weighted by molar-refractivity contribution is 9.08. The number of nitrogens with zero attached hydrogens (tertiary/aromatic N) is 1. The van der Waals surface area contributed by atoms with Crippen LogP contribution in [0.1, 0.15) is 5.56 Å². The Bertz CT molecular complexity index is 319. The summed E-state index contributed by atoms with van der Waals surface area (Å²) in [5.41, 5.74) is 0.573. The minimum absolute atomic E-state index is 0. The Hall–Kier alpha value is -0.320. The molecule has 0 saturated heterocycles. The summed E-state index contributed by atoms with van der Waals surface area (Å²) >= 11 is 8.88. The summed E-state index contributed by atoms with van der Waals surface area (Å²) in [6.07, 6.45) is 0. The third-order valence-corrected chi connectivity index (χ3v) is 2.34. The lowest BCUT2D eigenvalue weighted by Gasteiger charge is -1.99. The SMILES string of the molecule is Cl.O=[N+]([O-])c1cccc(Cl)c1CBr. The Kier molecular flexibility index (Phi) is 5.29. The Morgan fingerprint density at radius 3 is 2.54 bits per heavy atom. The van der Waals surface area contributed by atoms with Crippen molar-refractivity contribution in [3.8, 4) is 0 Å². The summed E-state index contributed by atoms with van der Waals surface area (Å²) in [4.78, 5) is 10.0. The van der Waals surface area contributed by atoms with E-state index in [9.17, 15) is 10.1 Å². The zero-order valence-corrected chi connectivity index (χ0v) is 9.53. The maximum Gasteiger partial charge on any atom is 0.274 e. The first-order valence-corrected chi connectivity index (χ1v) is 4.64. The molecule has 0 saturated carbocycles. The first kappa shape index (κ1) is 12.7. The van der Waals surface area contributed by atoms with Crippen LogP contribution >= 0.6 is 39.9 Å².